The van der Waals surface area contributed by atoms with Gasteiger partial charge in [-0.3, -0.25) is 0 Å². The van der Waals surface area contributed by atoms with Gasteiger partial charge in [0.1, 0.15) is 0 Å². The molecule has 0 saturated heterocycles. The van der Waals surface area contributed by atoms with Crippen LogP contribution in [0.15, 0.2) is 23.1 Å². The number of hydrogen-bond acceptors (Lipinski definition) is 1. The fraction of sp³-hybridized carbons (Fsp3) is 0.500. The molecular formula is C8H14S. The van der Waals surface area contributed by atoms with Crippen molar-refractivity contribution in [3.63, 3.8) is 0 Å². The van der Waals surface area contributed by atoms with Gasteiger partial charge in [0, 0.05) is 4.91 Å². The molecule has 0 bridgehead atoms. The Morgan fingerprint density at radius 2 is 2.22 bits per heavy atom. The van der Waals surface area contributed by atoms with E-state index in [1.807, 2.05) is 0 Å². The van der Waals surface area contributed by atoms with Gasteiger partial charge in [-0.25, -0.2) is 0 Å². The lowest BCUT2D eigenvalue weighted by Gasteiger charge is -1.91. The minimum absolute atomic E-state index is 1.12. The number of hydrogen-bond donors (Lipinski definition) is 0. The fourth-order valence-corrected chi connectivity index (χ4v) is 0.984. The Bertz CT molecular complexity index is 112. The first-order valence-corrected chi connectivity index (χ1v) is 4.44. The Hall–Kier alpha value is -0.170. The highest BCUT2D eigenvalue weighted by Gasteiger charge is 1.81. The molecule has 0 aliphatic heterocycles. The smallest absolute Gasteiger partial charge is 0.00232 e. The molecule has 0 atom stereocenters. The van der Waals surface area contributed by atoms with Gasteiger partial charge >= 0.3 is 0 Å². The van der Waals surface area contributed by atoms with Gasteiger partial charge in [0.05, 0.1) is 0 Å². The largest absolute Gasteiger partial charge is 0.130 e. The first kappa shape index (κ1) is 8.83. The summed E-state index contributed by atoms with van der Waals surface area (Å²) in [5.74, 6) is 0. The van der Waals surface area contributed by atoms with E-state index < -0.39 is 0 Å². The van der Waals surface area contributed by atoms with Crippen molar-refractivity contribution in [2.45, 2.75) is 20.3 Å². The van der Waals surface area contributed by atoms with Crippen molar-refractivity contribution < 1.29 is 0 Å². The zero-order valence-electron chi connectivity index (χ0n) is 6.35. The Labute approximate surface area is 62.0 Å². The van der Waals surface area contributed by atoms with Crippen molar-refractivity contribution in [1.82, 2.24) is 0 Å². The zero-order valence-corrected chi connectivity index (χ0v) is 7.16. The quantitative estimate of drug-likeness (QED) is 0.545. The minimum Gasteiger partial charge on any atom is -0.130 e. The summed E-state index contributed by atoms with van der Waals surface area (Å²) < 4.78 is 0. The van der Waals surface area contributed by atoms with Crippen LogP contribution in [0.1, 0.15) is 20.3 Å². The molecule has 0 aromatic rings. The molecular weight excluding hydrogens is 128 g/mol. The van der Waals surface area contributed by atoms with E-state index in [9.17, 15) is 0 Å². The van der Waals surface area contributed by atoms with Crippen molar-refractivity contribution in [3.05, 3.63) is 23.1 Å². The van der Waals surface area contributed by atoms with E-state index in [1.165, 1.54) is 4.91 Å². The van der Waals surface area contributed by atoms with Crippen LogP contribution in [0, 0.1) is 0 Å². The maximum Gasteiger partial charge on any atom is 0.00232 e. The maximum absolute atomic E-state index is 2.17. The van der Waals surface area contributed by atoms with Gasteiger partial charge in [0.2, 0.25) is 0 Å². The molecule has 1 heteroatoms. The monoisotopic (exact) mass is 142 g/mol. The summed E-state index contributed by atoms with van der Waals surface area (Å²) in [5, 5.41) is 0. The van der Waals surface area contributed by atoms with E-state index in [4.69, 9.17) is 0 Å². The molecule has 0 heterocycles. The van der Waals surface area contributed by atoms with Crippen LogP contribution in [0.3, 0.4) is 0 Å². The van der Waals surface area contributed by atoms with Gasteiger partial charge in [-0.1, -0.05) is 25.2 Å². The Morgan fingerprint density at radius 3 is 2.56 bits per heavy atom. The van der Waals surface area contributed by atoms with Crippen LogP contribution >= 0.6 is 11.8 Å². The summed E-state index contributed by atoms with van der Waals surface area (Å²) >= 11 is 1.78. The third-order valence-electron chi connectivity index (χ3n) is 1.04. The lowest BCUT2D eigenvalue weighted by atomic mass is 10.4. The molecule has 0 unspecified atom stereocenters. The summed E-state index contributed by atoms with van der Waals surface area (Å²) in [4.78, 5) is 1.34. The molecule has 0 aliphatic carbocycles. The van der Waals surface area contributed by atoms with Crippen LogP contribution < -0.4 is 0 Å². The van der Waals surface area contributed by atoms with E-state index in [1.54, 1.807) is 11.8 Å². The molecule has 0 N–H and O–H groups in total. The predicted octanol–water partition coefficient (Wildman–Crippen LogP) is 3.22. The van der Waals surface area contributed by atoms with E-state index in [0.29, 0.717) is 0 Å². The standard InChI is InChI=1S/C8H14S/c1-4-6-7-8(5-2)9-3/h5-7H,4H2,1-3H3/b7-6-,8-5+. The zero-order chi connectivity index (χ0) is 7.11. The van der Waals surface area contributed by atoms with Crippen molar-refractivity contribution in [2.75, 3.05) is 6.26 Å². The molecule has 0 fully saturated rings. The first-order valence-electron chi connectivity index (χ1n) is 3.22. The SMILES string of the molecule is C/C=C(\C=C/CC)SC. The van der Waals surface area contributed by atoms with E-state index >= 15 is 0 Å². The summed E-state index contributed by atoms with van der Waals surface area (Å²) in [7, 11) is 0. The highest BCUT2D eigenvalue weighted by molar-refractivity contribution is 8.02. The number of allylic oxidation sites excluding steroid dienone is 3. The third-order valence-corrected chi connectivity index (χ3v) is 1.88. The topological polar surface area (TPSA) is 0 Å². The number of thioether (sulfide) groups is 1. The highest BCUT2D eigenvalue weighted by atomic mass is 32.2. The molecule has 0 amide bonds. The van der Waals surface area contributed by atoms with Crippen molar-refractivity contribution >= 4 is 11.8 Å². The molecule has 0 nitrogen and oxygen atoms in total. The normalized spacial score (nSPS) is 13.0. The van der Waals surface area contributed by atoms with Gasteiger partial charge in [-0.2, -0.15) is 0 Å². The first-order chi connectivity index (χ1) is 4.35. The van der Waals surface area contributed by atoms with Crippen LogP contribution in [0.25, 0.3) is 0 Å². The van der Waals surface area contributed by atoms with E-state index in [2.05, 4.69) is 38.3 Å². The second kappa shape index (κ2) is 5.96. The summed E-state index contributed by atoms with van der Waals surface area (Å²) in [6.45, 7) is 4.20. The van der Waals surface area contributed by atoms with Crippen LogP contribution in [-0.2, 0) is 0 Å². The molecule has 0 aromatic heterocycles. The van der Waals surface area contributed by atoms with Crippen molar-refractivity contribution in [1.29, 1.82) is 0 Å². The van der Waals surface area contributed by atoms with Crippen LogP contribution in [0.4, 0.5) is 0 Å². The Morgan fingerprint density at radius 1 is 1.56 bits per heavy atom. The molecule has 0 spiro atoms. The Kier molecular flexibility index (Phi) is 5.85. The molecule has 52 valence electrons. The van der Waals surface area contributed by atoms with Gasteiger partial charge in [0.25, 0.3) is 0 Å². The van der Waals surface area contributed by atoms with E-state index in [-0.39, 0.29) is 0 Å². The molecule has 0 aromatic carbocycles. The minimum atomic E-state index is 1.12. The summed E-state index contributed by atoms with van der Waals surface area (Å²) in [6, 6.07) is 0. The molecule has 0 radical (unpaired) electrons. The molecule has 9 heavy (non-hydrogen) atoms. The van der Waals surface area contributed by atoms with Crippen molar-refractivity contribution in [3.8, 4) is 0 Å². The molecule has 0 aliphatic rings. The van der Waals surface area contributed by atoms with Gasteiger partial charge in [-0.05, 0) is 19.6 Å². The second-order valence-corrected chi connectivity index (χ2v) is 2.59. The van der Waals surface area contributed by atoms with Gasteiger partial charge in [0.15, 0.2) is 0 Å². The lowest BCUT2D eigenvalue weighted by molar-refractivity contribution is 1.22. The van der Waals surface area contributed by atoms with Crippen molar-refractivity contribution in [2.24, 2.45) is 0 Å². The van der Waals surface area contributed by atoms with E-state index in [0.717, 1.165) is 6.42 Å². The average molecular weight is 142 g/mol. The summed E-state index contributed by atoms with van der Waals surface area (Å²) in [5.41, 5.74) is 0. The lowest BCUT2D eigenvalue weighted by Crippen LogP contribution is -1.64. The second-order valence-electron chi connectivity index (χ2n) is 1.71. The van der Waals surface area contributed by atoms with Gasteiger partial charge < -0.3 is 0 Å². The van der Waals surface area contributed by atoms with Crippen LogP contribution in [-0.4, -0.2) is 6.26 Å². The van der Waals surface area contributed by atoms with Crippen LogP contribution in [0.2, 0.25) is 0 Å². The summed E-state index contributed by atoms with van der Waals surface area (Å²) in [6.07, 6.45) is 9.67. The average Bonchev–Trinajstić information content (AvgIpc) is 1.91. The highest BCUT2D eigenvalue weighted by Crippen LogP contribution is 2.11. The molecule has 0 rings (SSSR count). The van der Waals surface area contributed by atoms with Gasteiger partial charge in [-0.15, -0.1) is 11.8 Å². The van der Waals surface area contributed by atoms with Crippen LogP contribution in [0.5, 0.6) is 0 Å². The third kappa shape index (κ3) is 4.34. The number of rotatable bonds is 3. The maximum atomic E-state index is 2.17. The fourth-order valence-electron chi connectivity index (χ4n) is 0.516. The Balaban J connectivity index is 3.70. The predicted molar refractivity (Wildman–Crippen MR) is 46.7 cm³/mol. The molecule has 0 saturated carbocycles.